The van der Waals surface area contributed by atoms with Crippen LogP contribution in [0.3, 0.4) is 0 Å². The Morgan fingerprint density at radius 1 is 1.28 bits per heavy atom. The summed E-state index contributed by atoms with van der Waals surface area (Å²) in [6, 6.07) is 5.81. The molecule has 10 heteroatoms. The number of carbonyl (C=O) groups excluding carboxylic acids is 1. The minimum atomic E-state index is -0.413. The van der Waals surface area contributed by atoms with Gasteiger partial charge in [-0.1, -0.05) is 12.6 Å². The molecular formula is C22H18N8O2. The molecule has 5 rings (SSSR count). The predicted octanol–water partition coefficient (Wildman–Crippen LogP) is 1.65. The second-order valence-corrected chi connectivity index (χ2v) is 7.75. The number of aryl methyl sites for hydroxylation is 2. The van der Waals surface area contributed by atoms with Gasteiger partial charge in [-0.05, 0) is 31.6 Å². The summed E-state index contributed by atoms with van der Waals surface area (Å²) in [5.74, 6) is 0.550. The van der Waals surface area contributed by atoms with E-state index in [9.17, 15) is 14.9 Å². The third kappa shape index (κ3) is 2.79. The Bertz CT molecular complexity index is 1540. The number of amides is 1. The lowest BCUT2D eigenvalue weighted by Crippen LogP contribution is -2.48. The number of likely N-dealkylation sites (tertiary alicyclic amines) is 1. The first-order chi connectivity index (χ1) is 15.4. The van der Waals surface area contributed by atoms with E-state index >= 15 is 0 Å². The number of rotatable bonds is 3. The molecule has 10 nitrogen and oxygen atoms in total. The van der Waals surface area contributed by atoms with Gasteiger partial charge in [0.1, 0.15) is 23.1 Å². The van der Waals surface area contributed by atoms with Crippen molar-refractivity contribution in [1.29, 1.82) is 5.26 Å². The summed E-state index contributed by atoms with van der Waals surface area (Å²) < 4.78 is 1.48. The van der Waals surface area contributed by atoms with Crippen LogP contribution in [-0.2, 0) is 4.79 Å². The first-order valence-electron chi connectivity index (χ1n) is 9.98. The van der Waals surface area contributed by atoms with E-state index in [4.69, 9.17) is 0 Å². The van der Waals surface area contributed by atoms with Crippen LogP contribution in [0.4, 0.5) is 0 Å². The summed E-state index contributed by atoms with van der Waals surface area (Å²) in [6.07, 6.45) is 2.92. The van der Waals surface area contributed by atoms with Crippen LogP contribution in [-0.4, -0.2) is 53.6 Å². The molecule has 0 atom stereocenters. The van der Waals surface area contributed by atoms with Gasteiger partial charge in [-0.3, -0.25) is 19.3 Å². The first kappa shape index (κ1) is 19.6. The van der Waals surface area contributed by atoms with E-state index in [2.05, 4.69) is 31.7 Å². The number of aromatic nitrogens is 6. The van der Waals surface area contributed by atoms with Crippen molar-refractivity contribution in [3.8, 4) is 11.8 Å². The summed E-state index contributed by atoms with van der Waals surface area (Å²) in [4.78, 5) is 40.3. The molecule has 1 amide bonds. The van der Waals surface area contributed by atoms with Gasteiger partial charge < -0.3 is 4.90 Å². The van der Waals surface area contributed by atoms with Gasteiger partial charge >= 0.3 is 0 Å². The SMILES string of the molecule is C=CC(=O)N1CC(c2nc(C#N)c3c(=O)n(-c4c(C)ccc5[nH]ncc45)c(C)nc3n2)C1. The highest BCUT2D eigenvalue weighted by Crippen LogP contribution is 2.28. The van der Waals surface area contributed by atoms with Gasteiger partial charge in [-0.25, -0.2) is 15.0 Å². The second-order valence-electron chi connectivity index (χ2n) is 7.75. The van der Waals surface area contributed by atoms with Crippen LogP contribution in [0.25, 0.3) is 27.6 Å². The molecule has 0 radical (unpaired) electrons. The Morgan fingerprint density at radius 3 is 2.78 bits per heavy atom. The van der Waals surface area contributed by atoms with E-state index in [1.807, 2.05) is 25.1 Å². The molecular weight excluding hydrogens is 408 g/mol. The smallest absolute Gasteiger partial charge is 0.270 e. The van der Waals surface area contributed by atoms with Gasteiger partial charge in [-0.2, -0.15) is 10.4 Å². The second kappa shape index (κ2) is 7.09. The van der Waals surface area contributed by atoms with E-state index in [0.29, 0.717) is 30.4 Å². The monoisotopic (exact) mass is 426 g/mol. The van der Waals surface area contributed by atoms with Crippen molar-refractivity contribution in [3.05, 3.63) is 64.2 Å². The number of carbonyl (C=O) groups is 1. The number of nitrogens with one attached hydrogen (secondary N) is 1. The average Bonchev–Trinajstić information content (AvgIpc) is 3.22. The number of aromatic amines is 1. The minimum Gasteiger partial charge on any atom is -0.338 e. The van der Waals surface area contributed by atoms with Crippen molar-refractivity contribution in [1.82, 2.24) is 34.6 Å². The Balaban J connectivity index is 1.69. The van der Waals surface area contributed by atoms with Gasteiger partial charge in [0.25, 0.3) is 5.56 Å². The summed E-state index contributed by atoms with van der Waals surface area (Å²) in [5.41, 5.74) is 2.04. The molecule has 158 valence electrons. The number of nitrogens with zero attached hydrogens (tertiary/aromatic N) is 7. The quantitative estimate of drug-likeness (QED) is 0.492. The van der Waals surface area contributed by atoms with Crippen LogP contribution >= 0.6 is 0 Å². The molecule has 0 spiro atoms. The van der Waals surface area contributed by atoms with Gasteiger partial charge in [0.2, 0.25) is 5.91 Å². The van der Waals surface area contributed by atoms with Gasteiger partial charge in [0.15, 0.2) is 11.3 Å². The molecule has 3 aromatic heterocycles. The topological polar surface area (TPSA) is 133 Å². The largest absolute Gasteiger partial charge is 0.338 e. The first-order valence-corrected chi connectivity index (χ1v) is 9.98. The predicted molar refractivity (Wildman–Crippen MR) is 116 cm³/mol. The van der Waals surface area contributed by atoms with Gasteiger partial charge in [0.05, 0.1) is 23.3 Å². The number of nitriles is 1. The maximum atomic E-state index is 13.6. The fourth-order valence-electron chi connectivity index (χ4n) is 4.09. The molecule has 1 fully saturated rings. The minimum absolute atomic E-state index is 0.0261. The van der Waals surface area contributed by atoms with Crippen molar-refractivity contribution >= 4 is 27.8 Å². The standard InChI is InChI=1S/C22H18N8O2/c1-4-17(31)29-9-13(10-29)20-26-16(7-23)18-21(27-20)25-12(3)30(22(18)32)19-11(2)5-6-15-14(19)8-24-28-15/h4-6,8,13H,1,9-10H2,2-3H3,(H,24,28). The van der Waals surface area contributed by atoms with Crippen molar-refractivity contribution in [2.45, 2.75) is 19.8 Å². The molecule has 1 aliphatic heterocycles. The van der Waals surface area contributed by atoms with Crippen molar-refractivity contribution in [2.24, 2.45) is 0 Å². The zero-order chi connectivity index (χ0) is 22.6. The molecule has 4 aromatic rings. The highest BCUT2D eigenvalue weighted by molar-refractivity contribution is 5.89. The molecule has 0 aliphatic carbocycles. The van der Waals surface area contributed by atoms with Crippen molar-refractivity contribution < 1.29 is 4.79 Å². The maximum Gasteiger partial charge on any atom is 0.270 e. The number of benzene rings is 1. The molecule has 4 heterocycles. The number of hydrogen-bond donors (Lipinski definition) is 1. The van der Waals surface area contributed by atoms with Gasteiger partial charge in [0, 0.05) is 18.5 Å². The molecule has 1 aliphatic rings. The Morgan fingerprint density at radius 2 is 2.06 bits per heavy atom. The maximum absolute atomic E-state index is 13.6. The van der Waals surface area contributed by atoms with Crippen molar-refractivity contribution in [3.63, 3.8) is 0 Å². The Hall–Kier alpha value is -4.39. The number of H-pyrrole nitrogens is 1. The van der Waals surface area contributed by atoms with Crippen LogP contribution in [0.1, 0.15) is 28.8 Å². The molecule has 1 N–H and O–H groups in total. The molecule has 32 heavy (non-hydrogen) atoms. The fourth-order valence-corrected chi connectivity index (χ4v) is 4.09. The summed E-state index contributed by atoms with van der Waals surface area (Å²) >= 11 is 0. The third-order valence-electron chi connectivity index (χ3n) is 5.78. The van der Waals surface area contributed by atoms with Gasteiger partial charge in [-0.15, -0.1) is 0 Å². The summed E-state index contributed by atoms with van der Waals surface area (Å²) in [5, 5.41) is 17.6. The zero-order valence-electron chi connectivity index (χ0n) is 17.5. The summed E-state index contributed by atoms with van der Waals surface area (Å²) in [6.45, 7) is 7.97. The van der Waals surface area contributed by atoms with E-state index < -0.39 is 5.56 Å². The van der Waals surface area contributed by atoms with Crippen molar-refractivity contribution in [2.75, 3.05) is 13.1 Å². The van der Waals surface area contributed by atoms with Crippen LogP contribution in [0, 0.1) is 25.2 Å². The average molecular weight is 426 g/mol. The lowest BCUT2D eigenvalue weighted by atomic mass is 9.98. The highest BCUT2D eigenvalue weighted by Gasteiger charge is 2.33. The number of hydrogen-bond acceptors (Lipinski definition) is 7. The third-order valence-corrected chi connectivity index (χ3v) is 5.78. The van der Waals surface area contributed by atoms with Crippen LogP contribution in [0.15, 0.2) is 35.8 Å². The highest BCUT2D eigenvalue weighted by atomic mass is 16.2. The van der Waals surface area contributed by atoms with Crippen LogP contribution in [0.5, 0.6) is 0 Å². The van der Waals surface area contributed by atoms with E-state index in [1.165, 1.54) is 10.6 Å². The normalized spacial score (nSPS) is 13.8. The van der Waals surface area contributed by atoms with E-state index in [-0.39, 0.29) is 28.6 Å². The van der Waals surface area contributed by atoms with Crippen LogP contribution in [0.2, 0.25) is 0 Å². The lowest BCUT2D eigenvalue weighted by molar-refractivity contribution is -0.130. The Labute approximate surface area is 181 Å². The molecule has 1 saturated heterocycles. The zero-order valence-corrected chi connectivity index (χ0v) is 17.5. The molecule has 0 saturated carbocycles. The Kier molecular flexibility index (Phi) is 4.34. The van der Waals surface area contributed by atoms with E-state index in [0.717, 1.165) is 16.5 Å². The molecule has 0 bridgehead atoms. The van der Waals surface area contributed by atoms with Crippen LogP contribution < -0.4 is 5.56 Å². The summed E-state index contributed by atoms with van der Waals surface area (Å²) in [7, 11) is 0. The van der Waals surface area contributed by atoms with E-state index in [1.54, 1.807) is 18.0 Å². The molecule has 0 unspecified atom stereocenters. The lowest BCUT2D eigenvalue weighted by Gasteiger charge is -2.37. The fraction of sp³-hybridized carbons (Fsp3) is 0.227. The number of fused-ring (bicyclic) bond motifs is 2. The molecule has 1 aromatic carbocycles.